The van der Waals surface area contributed by atoms with Gasteiger partial charge in [-0.15, -0.1) is 0 Å². The van der Waals surface area contributed by atoms with Gasteiger partial charge in [-0.2, -0.15) is 0 Å². The molecule has 3 N–H and O–H groups in total. The lowest BCUT2D eigenvalue weighted by atomic mass is 10.1. The highest BCUT2D eigenvalue weighted by Crippen LogP contribution is 2.21. The van der Waals surface area contributed by atoms with Crippen molar-refractivity contribution >= 4 is 12.0 Å². The maximum Gasteiger partial charge on any atom is 0.332 e. The van der Waals surface area contributed by atoms with E-state index >= 15 is 0 Å². The summed E-state index contributed by atoms with van der Waals surface area (Å²) in [6.07, 6.45) is -1.43. The average Bonchev–Trinajstić information content (AvgIpc) is 2.82. The van der Waals surface area contributed by atoms with Crippen LogP contribution in [0.4, 0.5) is 4.79 Å². The van der Waals surface area contributed by atoms with Gasteiger partial charge in [0.15, 0.2) is 6.10 Å². The summed E-state index contributed by atoms with van der Waals surface area (Å²) in [4.78, 5) is 23.9. The standard InChI is InChI=1S/C13H16N2O4/c16-11(12(17)18)5-6-14-13(19)15-7-9-3-1-2-4-10(9)8-15/h1-4,11,16H,5-8H2,(H,14,19)(H,17,18). The van der Waals surface area contributed by atoms with Gasteiger partial charge in [0.2, 0.25) is 0 Å². The highest BCUT2D eigenvalue weighted by atomic mass is 16.4. The number of rotatable bonds is 4. The Morgan fingerprint density at radius 1 is 1.26 bits per heavy atom. The van der Waals surface area contributed by atoms with Gasteiger partial charge >= 0.3 is 12.0 Å². The molecule has 0 saturated carbocycles. The molecule has 6 nitrogen and oxygen atoms in total. The average molecular weight is 264 g/mol. The van der Waals surface area contributed by atoms with Gasteiger partial charge in [0.1, 0.15) is 0 Å². The van der Waals surface area contributed by atoms with E-state index in [1.807, 2.05) is 24.3 Å². The molecule has 19 heavy (non-hydrogen) atoms. The number of hydrogen-bond acceptors (Lipinski definition) is 3. The van der Waals surface area contributed by atoms with E-state index in [-0.39, 0.29) is 19.0 Å². The van der Waals surface area contributed by atoms with E-state index in [1.165, 1.54) is 0 Å². The van der Waals surface area contributed by atoms with E-state index in [1.54, 1.807) is 4.90 Å². The number of carboxylic acids is 1. The summed E-state index contributed by atoms with van der Waals surface area (Å²) in [7, 11) is 0. The van der Waals surface area contributed by atoms with Gasteiger partial charge in [-0.05, 0) is 11.1 Å². The van der Waals surface area contributed by atoms with Gasteiger partial charge in [0.05, 0.1) is 0 Å². The van der Waals surface area contributed by atoms with Gasteiger partial charge in [0, 0.05) is 26.1 Å². The largest absolute Gasteiger partial charge is 0.479 e. The Morgan fingerprint density at radius 3 is 2.37 bits per heavy atom. The smallest absolute Gasteiger partial charge is 0.332 e. The molecule has 1 unspecified atom stereocenters. The zero-order valence-electron chi connectivity index (χ0n) is 10.4. The van der Waals surface area contributed by atoms with Crippen LogP contribution in [0.5, 0.6) is 0 Å². The highest BCUT2D eigenvalue weighted by molar-refractivity contribution is 5.75. The lowest BCUT2D eigenvalue weighted by Gasteiger charge is -2.16. The summed E-state index contributed by atoms with van der Waals surface area (Å²) in [5, 5.41) is 20.2. The minimum Gasteiger partial charge on any atom is -0.479 e. The van der Waals surface area contributed by atoms with Crippen molar-refractivity contribution in [3.63, 3.8) is 0 Å². The van der Waals surface area contributed by atoms with Crippen LogP contribution in [0.3, 0.4) is 0 Å². The molecule has 0 aliphatic carbocycles. The number of benzene rings is 1. The second-order valence-corrected chi connectivity index (χ2v) is 4.50. The van der Waals surface area contributed by atoms with Crippen LogP contribution in [0, 0.1) is 0 Å². The molecule has 2 rings (SSSR count). The highest BCUT2D eigenvalue weighted by Gasteiger charge is 2.22. The van der Waals surface area contributed by atoms with Crippen LogP contribution in [0.1, 0.15) is 17.5 Å². The first kappa shape index (κ1) is 13.4. The molecule has 1 aromatic carbocycles. The van der Waals surface area contributed by atoms with Crippen molar-refractivity contribution in [3.8, 4) is 0 Å². The fourth-order valence-electron chi connectivity index (χ4n) is 2.03. The number of carbonyl (C=O) groups is 2. The van der Waals surface area contributed by atoms with Crippen molar-refractivity contribution in [2.75, 3.05) is 6.54 Å². The molecule has 1 heterocycles. The van der Waals surface area contributed by atoms with E-state index in [4.69, 9.17) is 10.2 Å². The fraction of sp³-hybridized carbons (Fsp3) is 0.385. The first-order valence-corrected chi connectivity index (χ1v) is 6.08. The van der Waals surface area contributed by atoms with Crippen molar-refractivity contribution < 1.29 is 19.8 Å². The molecule has 1 atom stereocenters. The van der Waals surface area contributed by atoms with Gasteiger partial charge in [-0.25, -0.2) is 9.59 Å². The number of nitrogens with zero attached hydrogens (tertiary/aromatic N) is 1. The SMILES string of the molecule is O=C(O)C(O)CCNC(=O)N1Cc2ccccc2C1. The number of aliphatic hydroxyl groups excluding tert-OH is 1. The Labute approximate surface area is 110 Å². The third-order valence-corrected chi connectivity index (χ3v) is 3.11. The summed E-state index contributed by atoms with van der Waals surface area (Å²) in [5.41, 5.74) is 2.26. The molecule has 6 heteroatoms. The van der Waals surface area contributed by atoms with Crippen molar-refractivity contribution in [1.29, 1.82) is 0 Å². The fourth-order valence-corrected chi connectivity index (χ4v) is 2.03. The number of carboxylic acid groups (broad SMARTS) is 1. The third-order valence-electron chi connectivity index (χ3n) is 3.11. The van der Waals surface area contributed by atoms with Crippen molar-refractivity contribution in [1.82, 2.24) is 10.2 Å². The monoisotopic (exact) mass is 264 g/mol. The number of aliphatic hydroxyl groups is 1. The lowest BCUT2D eigenvalue weighted by Crippen LogP contribution is -2.38. The van der Waals surface area contributed by atoms with E-state index in [2.05, 4.69) is 5.32 Å². The first-order chi connectivity index (χ1) is 9.08. The minimum atomic E-state index is -1.43. The van der Waals surface area contributed by atoms with Gasteiger partial charge in [0.25, 0.3) is 0 Å². The topological polar surface area (TPSA) is 89.9 Å². The lowest BCUT2D eigenvalue weighted by molar-refractivity contribution is -0.146. The molecule has 2 amide bonds. The first-order valence-electron chi connectivity index (χ1n) is 6.08. The predicted molar refractivity (Wildman–Crippen MR) is 67.3 cm³/mol. The summed E-state index contributed by atoms with van der Waals surface area (Å²) >= 11 is 0. The second kappa shape index (κ2) is 5.71. The number of hydrogen-bond donors (Lipinski definition) is 3. The molecule has 0 aromatic heterocycles. The van der Waals surface area contributed by atoms with Gasteiger partial charge in [-0.3, -0.25) is 0 Å². The van der Waals surface area contributed by atoms with Crippen LogP contribution in [0.2, 0.25) is 0 Å². The Bertz CT molecular complexity index is 464. The summed E-state index contributed by atoms with van der Waals surface area (Å²) in [6, 6.07) is 7.59. The predicted octanol–water partition coefficient (Wildman–Crippen LogP) is 0.547. The molecule has 1 aliphatic rings. The summed E-state index contributed by atoms with van der Waals surface area (Å²) in [6.45, 7) is 1.26. The quantitative estimate of drug-likeness (QED) is 0.740. The summed E-state index contributed by atoms with van der Waals surface area (Å²) in [5.74, 6) is -1.28. The van der Waals surface area contributed by atoms with E-state index in [0.29, 0.717) is 13.1 Å². The Kier molecular flexibility index (Phi) is 4.01. The number of aliphatic carboxylic acids is 1. The Morgan fingerprint density at radius 2 is 1.84 bits per heavy atom. The maximum absolute atomic E-state index is 11.9. The molecule has 0 bridgehead atoms. The molecule has 102 valence electrons. The van der Waals surface area contributed by atoms with E-state index in [9.17, 15) is 9.59 Å². The second-order valence-electron chi connectivity index (χ2n) is 4.50. The van der Waals surface area contributed by atoms with Gasteiger partial charge < -0.3 is 20.4 Å². The van der Waals surface area contributed by atoms with Crippen LogP contribution in [-0.4, -0.2) is 39.8 Å². The van der Waals surface area contributed by atoms with Gasteiger partial charge in [-0.1, -0.05) is 24.3 Å². The minimum absolute atomic E-state index is 0.00185. The summed E-state index contributed by atoms with van der Waals surface area (Å²) < 4.78 is 0. The van der Waals surface area contributed by atoms with Crippen molar-refractivity contribution in [2.24, 2.45) is 0 Å². The number of amides is 2. The molecular weight excluding hydrogens is 248 g/mol. The normalized spacial score (nSPS) is 14.9. The zero-order chi connectivity index (χ0) is 13.8. The number of nitrogens with one attached hydrogen (secondary N) is 1. The van der Waals surface area contributed by atoms with E-state index in [0.717, 1.165) is 11.1 Å². The molecule has 1 aromatic rings. The molecule has 0 radical (unpaired) electrons. The number of fused-ring (bicyclic) bond motifs is 1. The van der Waals surface area contributed by atoms with E-state index < -0.39 is 12.1 Å². The molecule has 0 spiro atoms. The van der Waals surface area contributed by atoms with Crippen LogP contribution >= 0.6 is 0 Å². The number of carbonyl (C=O) groups excluding carboxylic acids is 1. The number of urea groups is 1. The molecule has 1 aliphatic heterocycles. The van der Waals surface area contributed by atoms with Crippen molar-refractivity contribution in [2.45, 2.75) is 25.6 Å². The van der Waals surface area contributed by atoms with Crippen LogP contribution in [0.15, 0.2) is 24.3 Å². The third kappa shape index (κ3) is 3.23. The van der Waals surface area contributed by atoms with Crippen LogP contribution < -0.4 is 5.32 Å². The Balaban J connectivity index is 1.79. The van der Waals surface area contributed by atoms with Crippen LogP contribution in [-0.2, 0) is 17.9 Å². The van der Waals surface area contributed by atoms with Crippen molar-refractivity contribution in [3.05, 3.63) is 35.4 Å². The van der Waals surface area contributed by atoms with Crippen LogP contribution in [0.25, 0.3) is 0 Å². The molecule has 0 saturated heterocycles. The molecular formula is C13H16N2O4. The Hall–Kier alpha value is -2.08. The maximum atomic E-state index is 11.9. The zero-order valence-corrected chi connectivity index (χ0v) is 10.4. The molecule has 0 fully saturated rings.